The molecule has 4 heteroatoms. The molecular weight excluding hydrogens is 171 g/mol. The van der Waals surface area contributed by atoms with Crippen LogP contribution >= 0.6 is 0 Å². The van der Waals surface area contributed by atoms with Gasteiger partial charge in [-0.25, -0.2) is 4.39 Å². The van der Waals surface area contributed by atoms with Gasteiger partial charge in [-0.15, -0.1) is 0 Å². The molecule has 0 saturated heterocycles. The predicted octanol–water partition coefficient (Wildman–Crippen LogP) is 1.72. The smallest absolute Gasteiger partial charge is 0.197 e. The first-order valence-corrected chi connectivity index (χ1v) is 3.84. The van der Waals surface area contributed by atoms with Gasteiger partial charge >= 0.3 is 0 Å². The van der Waals surface area contributed by atoms with Crippen molar-refractivity contribution in [3.63, 3.8) is 0 Å². The van der Waals surface area contributed by atoms with Crippen LogP contribution in [0.1, 0.15) is 10.4 Å². The Morgan fingerprint density at radius 2 is 2.46 bits per heavy atom. The largest absolute Gasteiger partial charge is 0.359 e. The molecular formula is C9H7FN2O. The van der Waals surface area contributed by atoms with E-state index in [0.29, 0.717) is 11.1 Å². The Morgan fingerprint density at radius 1 is 1.62 bits per heavy atom. The van der Waals surface area contributed by atoms with E-state index in [2.05, 4.69) is 9.97 Å². The quantitative estimate of drug-likeness (QED) is 0.711. The average Bonchev–Trinajstić information content (AvgIpc) is 2.60. The monoisotopic (exact) mass is 178 g/mol. The second-order valence-corrected chi connectivity index (χ2v) is 2.66. The van der Waals surface area contributed by atoms with Gasteiger partial charge in [-0.1, -0.05) is 0 Å². The maximum atomic E-state index is 12.1. The minimum Gasteiger partial charge on any atom is -0.359 e. The molecule has 3 nitrogen and oxygen atoms in total. The Balaban J connectivity index is 2.64. The lowest BCUT2D eigenvalue weighted by molar-refractivity contribution is 0.0960. The molecule has 0 amide bonds. The molecule has 1 N–H and O–H groups in total. The van der Waals surface area contributed by atoms with Gasteiger partial charge in [0.1, 0.15) is 0 Å². The minimum atomic E-state index is -0.983. The number of pyridine rings is 1. The lowest BCUT2D eigenvalue weighted by Gasteiger charge is -1.91. The fourth-order valence-electron chi connectivity index (χ4n) is 1.24. The minimum absolute atomic E-state index is 0.318. The van der Waals surface area contributed by atoms with E-state index in [1.54, 1.807) is 18.3 Å². The Kier molecular flexibility index (Phi) is 1.81. The van der Waals surface area contributed by atoms with Crippen LogP contribution in [0.15, 0.2) is 24.5 Å². The zero-order chi connectivity index (χ0) is 9.26. The van der Waals surface area contributed by atoms with Crippen LogP contribution in [0, 0.1) is 0 Å². The third-order valence-corrected chi connectivity index (χ3v) is 1.86. The molecule has 0 aromatic carbocycles. The van der Waals surface area contributed by atoms with Crippen LogP contribution in [0.4, 0.5) is 4.39 Å². The first-order valence-electron chi connectivity index (χ1n) is 3.84. The number of nitrogens with zero attached hydrogens (tertiary/aromatic N) is 1. The zero-order valence-corrected chi connectivity index (χ0v) is 6.75. The summed E-state index contributed by atoms with van der Waals surface area (Å²) >= 11 is 0. The average molecular weight is 178 g/mol. The second kappa shape index (κ2) is 2.97. The molecule has 66 valence electrons. The fraction of sp³-hybridized carbons (Fsp3) is 0.111. The highest BCUT2D eigenvalue weighted by Crippen LogP contribution is 2.15. The van der Waals surface area contributed by atoms with Crippen LogP contribution in [-0.4, -0.2) is 22.4 Å². The van der Waals surface area contributed by atoms with Gasteiger partial charge < -0.3 is 4.98 Å². The van der Waals surface area contributed by atoms with Crippen molar-refractivity contribution in [1.29, 1.82) is 0 Å². The topological polar surface area (TPSA) is 45.8 Å². The highest BCUT2D eigenvalue weighted by Gasteiger charge is 2.11. The summed E-state index contributed by atoms with van der Waals surface area (Å²) in [5, 5.41) is 0. The number of hydrogen-bond donors (Lipinski definition) is 1. The number of carbonyl (C=O) groups is 1. The van der Waals surface area contributed by atoms with E-state index in [4.69, 9.17) is 0 Å². The Bertz CT molecular complexity index is 450. The van der Waals surface area contributed by atoms with Gasteiger partial charge in [0.15, 0.2) is 12.5 Å². The highest BCUT2D eigenvalue weighted by atomic mass is 19.1. The van der Waals surface area contributed by atoms with Gasteiger partial charge in [0.2, 0.25) is 0 Å². The number of carbonyl (C=O) groups excluding carboxylic acids is 1. The molecule has 0 bridgehead atoms. The number of alkyl halides is 1. The Hall–Kier alpha value is -1.71. The number of H-pyrrole nitrogens is 1. The molecule has 0 radical (unpaired) electrons. The van der Waals surface area contributed by atoms with Crippen molar-refractivity contribution in [2.75, 3.05) is 6.67 Å². The van der Waals surface area contributed by atoms with E-state index < -0.39 is 12.5 Å². The standard InChI is InChI=1S/C9H7FN2O/c10-4-8(13)6-5-12-7-2-1-3-11-9(6)7/h1-3,5,12H,4H2. The maximum absolute atomic E-state index is 12.1. The molecule has 0 atom stereocenters. The zero-order valence-electron chi connectivity index (χ0n) is 6.75. The molecule has 0 aliphatic heterocycles. The van der Waals surface area contributed by atoms with E-state index in [-0.39, 0.29) is 0 Å². The summed E-state index contributed by atoms with van der Waals surface area (Å²) in [5.41, 5.74) is 1.60. The number of halogens is 1. The van der Waals surface area contributed by atoms with Gasteiger partial charge in [0, 0.05) is 12.4 Å². The third-order valence-electron chi connectivity index (χ3n) is 1.86. The summed E-state index contributed by atoms with van der Waals surface area (Å²) in [6.45, 7) is -0.983. The van der Waals surface area contributed by atoms with Crippen LogP contribution < -0.4 is 0 Å². The van der Waals surface area contributed by atoms with Crippen molar-refractivity contribution >= 4 is 16.8 Å². The van der Waals surface area contributed by atoms with Crippen LogP contribution in [0.3, 0.4) is 0 Å². The van der Waals surface area contributed by atoms with Crippen molar-refractivity contribution < 1.29 is 9.18 Å². The maximum Gasteiger partial charge on any atom is 0.197 e. The molecule has 0 aliphatic carbocycles. The summed E-state index contributed by atoms with van der Waals surface area (Å²) in [4.78, 5) is 17.9. The van der Waals surface area contributed by atoms with Crippen LogP contribution in [-0.2, 0) is 0 Å². The molecule has 2 heterocycles. The predicted molar refractivity (Wildman–Crippen MR) is 46.4 cm³/mol. The second-order valence-electron chi connectivity index (χ2n) is 2.66. The van der Waals surface area contributed by atoms with Gasteiger partial charge in [0.05, 0.1) is 16.6 Å². The fourth-order valence-corrected chi connectivity index (χ4v) is 1.24. The van der Waals surface area contributed by atoms with Crippen molar-refractivity contribution in [3.05, 3.63) is 30.1 Å². The van der Waals surface area contributed by atoms with Crippen molar-refractivity contribution in [2.24, 2.45) is 0 Å². The van der Waals surface area contributed by atoms with Crippen molar-refractivity contribution in [3.8, 4) is 0 Å². The van der Waals surface area contributed by atoms with Gasteiger partial charge in [0.25, 0.3) is 0 Å². The summed E-state index contributed by atoms with van der Waals surface area (Å²) in [7, 11) is 0. The molecule has 0 spiro atoms. The number of fused-ring (bicyclic) bond motifs is 1. The lowest BCUT2D eigenvalue weighted by Crippen LogP contribution is -1.99. The van der Waals surface area contributed by atoms with Crippen molar-refractivity contribution in [1.82, 2.24) is 9.97 Å². The molecule has 0 unspecified atom stereocenters. The molecule has 0 aliphatic rings. The SMILES string of the molecule is O=C(CF)c1c[nH]c2cccnc12. The number of aromatic amines is 1. The van der Waals surface area contributed by atoms with Crippen LogP contribution in [0.5, 0.6) is 0 Å². The molecule has 0 saturated carbocycles. The number of aromatic nitrogens is 2. The molecule has 0 fully saturated rings. The first-order chi connectivity index (χ1) is 6.33. The first kappa shape index (κ1) is 7.91. The van der Waals surface area contributed by atoms with Crippen LogP contribution in [0.25, 0.3) is 11.0 Å². The van der Waals surface area contributed by atoms with E-state index in [1.807, 2.05) is 0 Å². The normalized spacial score (nSPS) is 10.5. The van der Waals surface area contributed by atoms with E-state index in [0.717, 1.165) is 5.52 Å². The lowest BCUT2D eigenvalue weighted by atomic mass is 10.2. The highest BCUT2D eigenvalue weighted by molar-refractivity contribution is 6.06. The van der Waals surface area contributed by atoms with Gasteiger partial charge in [-0.3, -0.25) is 9.78 Å². The Labute approximate surface area is 73.6 Å². The summed E-state index contributed by atoms with van der Waals surface area (Å²) in [6, 6.07) is 3.54. The summed E-state index contributed by atoms with van der Waals surface area (Å²) < 4.78 is 12.1. The van der Waals surface area contributed by atoms with Gasteiger partial charge in [-0.2, -0.15) is 0 Å². The molecule has 2 aromatic rings. The Morgan fingerprint density at radius 3 is 3.23 bits per heavy atom. The number of nitrogens with one attached hydrogen (secondary N) is 1. The molecule has 13 heavy (non-hydrogen) atoms. The number of ketones is 1. The van der Waals surface area contributed by atoms with E-state index in [9.17, 15) is 9.18 Å². The molecule has 2 rings (SSSR count). The summed E-state index contributed by atoms with van der Waals surface area (Å²) in [6.07, 6.45) is 3.06. The van der Waals surface area contributed by atoms with Gasteiger partial charge in [-0.05, 0) is 12.1 Å². The van der Waals surface area contributed by atoms with Crippen molar-refractivity contribution in [2.45, 2.75) is 0 Å². The van der Waals surface area contributed by atoms with E-state index >= 15 is 0 Å². The summed E-state index contributed by atoms with van der Waals surface area (Å²) in [5.74, 6) is -0.537. The number of rotatable bonds is 2. The number of hydrogen-bond acceptors (Lipinski definition) is 2. The molecule has 2 aromatic heterocycles. The van der Waals surface area contributed by atoms with Crippen LogP contribution in [0.2, 0.25) is 0 Å². The third kappa shape index (κ3) is 1.20. The number of Topliss-reactive ketones (excluding diaryl/α,β-unsaturated/α-hetero) is 1. The van der Waals surface area contributed by atoms with E-state index in [1.165, 1.54) is 6.20 Å².